The first-order valence-corrected chi connectivity index (χ1v) is 10.5. The Balaban J connectivity index is 0.00000289. The summed E-state index contributed by atoms with van der Waals surface area (Å²) in [6, 6.07) is 6.26. The zero-order chi connectivity index (χ0) is 22.0. The number of amides is 1. The Morgan fingerprint density at radius 2 is 2.09 bits per heavy atom. The number of thiazole rings is 1. The fourth-order valence-electron chi connectivity index (χ4n) is 3.14. The van der Waals surface area contributed by atoms with Crippen molar-refractivity contribution in [2.75, 3.05) is 18.6 Å². The van der Waals surface area contributed by atoms with Crippen LogP contribution in [0.1, 0.15) is 16.8 Å². The van der Waals surface area contributed by atoms with Crippen LogP contribution in [0.25, 0.3) is 10.2 Å². The van der Waals surface area contributed by atoms with Gasteiger partial charge in [-0.05, 0) is 30.7 Å². The number of nitrogens with zero attached hydrogens (tertiary/aromatic N) is 4. The zero-order valence-corrected chi connectivity index (χ0v) is 19.2. The summed E-state index contributed by atoms with van der Waals surface area (Å²) in [6.07, 6.45) is 5.71. The molecule has 0 N–H and O–H groups in total. The SMILES string of the molecule is COc1ccc(Cl)c2sc(N(CCCn3ccnc3)C(=O)c3ccc(F)cc3F)nc12.Cl. The van der Waals surface area contributed by atoms with E-state index in [4.69, 9.17) is 16.3 Å². The Labute approximate surface area is 197 Å². The normalized spacial score (nSPS) is 10.8. The molecule has 0 aliphatic heterocycles. The summed E-state index contributed by atoms with van der Waals surface area (Å²) in [7, 11) is 1.52. The fraction of sp³-hybridized carbons (Fsp3) is 0.190. The van der Waals surface area contributed by atoms with Gasteiger partial charge < -0.3 is 9.30 Å². The number of halogens is 4. The van der Waals surface area contributed by atoms with Crippen LogP contribution in [0, 0.1) is 11.6 Å². The van der Waals surface area contributed by atoms with Crippen molar-refractivity contribution in [3.8, 4) is 5.75 Å². The molecule has 0 saturated heterocycles. The maximum absolute atomic E-state index is 14.4. The van der Waals surface area contributed by atoms with Gasteiger partial charge in [-0.2, -0.15) is 0 Å². The maximum Gasteiger partial charge on any atom is 0.263 e. The number of hydrogen-bond acceptors (Lipinski definition) is 5. The average Bonchev–Trinajstić information content (AvgIpc) is 3.42. The summed E-state index contributed by atoms with van der Waals surface area (Å²) in [5.41, 5.74) is 0.281. The molecule has 0 radical (unpaired) electrons. The average molecular weight is 499 g/mol. The molecule has 6 nitrogen and oxygen atoms in total. The molecular formula is C21H18Cl2F2N4O2S. The summed E-state index contributed by atoms with van der Waals surface area (Å²) >= 11 is 7.52. The van der Waals surface area contributed by atoms with E-state index in [2.05, 4.69) is 9.97 Å². The first kappa shape index (κ1) is 23.9. The van der Waals surface area contributed by atoms with Crippen LogP contribution in [0.4, 0.5) is 13.9 Å². The highest BCUT2D eigenvalue weighted by molar-refractivity contribution is 7.23. The number of anilines is 1. The number of imidazole rings is 1. The molecule has 0 unspecified atom stereocenters. The van der Waals surface area contributed by atoms with E-state index in [-0.39, 0.29) is 24.5 Å². The Kier molecular flexibility index (Phi) is 7.65. The minimum Gasteiger partial charge on any atom is -0.494 e. The minimum absolute atomic E-state index is 0. The van der Waals surface area contributed by atoms with E-state index < -0.39 is 17.5 Å². The van der Waals surface area contributed by atoms with Crippen molar-refractivity contribution in [3.63, 3.8) is 0 Å². The number of aromatic nitrogens is 3. The predicted octanol–water partition coefficient (Wildman–Crippen LogP) is 5.59. The molecule has 11 heteroatoms. The third kappa shape index (κ3) is 4.85. The molecule has 4 aromatic rings. The monoisotopic (exact) mass is 498 g/mol. The van der Waals surface area contributed by atoms with Gasteiger partial charge in [0.1, 0.15) is 22.9 Å². The number of carbonyl (C=O) groups excluding carboxylic acids is 1. The standard InChI is InChI=1S/C21H17ClF2N4O2S.ClH/c1-30-17-6-5-15(22)19-18(17)26-21(31-19)28(9-2-8-27-10-7-25-12-27)20(29)14-4-3-13(23)11-16(14)24;/h3-7,10-12H,2,8-9H2,1H3;1H. The number of ether oxygens (including phenoxy) is 1. The summed E-state index contributed by atoms with van der Waals surface area (Å²) in [4.78, 5) is 23.2. The van der Waals surface area contributed by atoms with Crippen molar-refractivity contribution in [2.45, 2.75) is 13.0 Å². The van der Waals surface area contributed by atoms with Crippen molar-refractivity contribution in [1.82, 2.24) is 14.5 Å². The van der Waals surface area contributed by atoms with E-state index in [9.17, 15) is 13.6 Å². The molecule has 4 rings (SSSR count). The van der Waals surface area contributed by atoms with E-state index in [0.717, 1.165) is 12.1 Å². The van der Waals surface area contributed by atoms with Crippen LogP contribution in [0.15, 0.2) is 49.1 Å². The van der Waals surface area contributed by atoms with Crippen LogP contribution >= 0.6 is 35.3 Å². The third-order valence-corrected chi connectivity index (χ3v) is 6.20. The van der Waals surface area contributed by atoms with Crippen LogP contribution < -0.4 is 9.64 Å². The lowest BCUT2D eigenvalue weighted by Crippen LogP contribution is -2.33. The van der Waals surface area contributed by atoms with Gasteiger partial charge in [0.2, 0.25) is 0 Å². The van der Waals surface area contributed by atoms with Crippen molar-refractivity contribution >= 4 is 56.6 Å². The van der Waals surface area contributed by atoms with Gasteiger partial charge in [0.05, 0.1) is 28.7 Å². The molecule has 32 heavy (non-hydrogen) atoms. The van der Waals surface area contributed by atoms with Gasteiger partial charge in [0, 0.05) is 31.5 Å². The van der Waals surface area contributed by atoms with E-state index in [0.29, 0.717) is 45.2 Å². The number of fused-ring (bicyclic) bond motifs is 1. The topological polar surface area (TPSA) is 60.2 Å². The van der Waals surface area contributed by atoms with E-state index in [1.54, 1.807) is 24.7 Å². The van der Waals surface area contributed by atoms with E-state index >= 15 is 0 Å². The molecule has 0 fully saturated rings. The molecule has 0 bridgehead atoms. The largest absolute Gasteiger partial charge is 0.494 e. The molecule has 0 aliphatic rings. The van der Waals surface area contributed by atoms with Crippen molar-refractivity contribution < 1.29 is 18.3 Å². The van der Waals surface area contributed by atoms with Crippen LogP contribution in [0.5, 0.6) is 5.75 Å². The number of methoxy groups -OCH3 is 1. The highest BCUT2D eigenvalue weighted by Gasteiger charge is 2.25. The van der Waals surface area contributed by atoms with Crippen LogP contribution in [-0.2, 0) is 6.54 Å². The van der Waals surface area contributed by atoms with Gasteiger partial charge in [-0.25, -0.2) is 18.7 Å². The van der Waals surface area contributed by atoms with Crippen molar-refractivity contribution in [3.05, 3.63) is 71.3 Å². The van der Waals surface area contributed by atoms with Gasteiger partial charge >= 0.3 is 0 Å². The molecule has 1 amide bonds. The minimum atomic E-state index is -0.929. The Bertz CT molecular complexity index is 1230. The van der Waals surface area contributed by atoms with Gasteiger partial charge in [0.15, 0.2) is 5.13 Å². The number of carbonyl (C=O) groups is 1. The van der Waals surface area contributed by atoms with Crippen molar-refractivity contribution in [1.29, 1.82) is 0 Å². The molecule has 0 atom stereocenters. The fourth-order valence-corrected chi connectivity index (χ4v) is 4.42. The molecule has 2 aromatic carbocycles. The third-order valence-electron chi connectivity index (χ3n) is 4.66. The Morgan fingerprint density at radius 3 is 2.78 bits per heavy atom. The lowest BCUT2D eigenvalue weighted by Gasteiger charge is -2.20. The summed E-state index contributed by atoms with van der Waals surface area (Å²) in [6.45, 7) is 0.859. The highest BCUT2D eigenvalue weighted by atomic mass is 35.5. The Hall–Kier alpha value is -2.75. The molecular weight excluding hydrogens is 481 g/mol. The molecule has 0 aliphatic carbocycles. The smallest absolute Gasteiger partial charge is 0.263 e. The second-order valence-corrected chi connectivity index (χ2v) is 8.04. The van der Waals surface area contributed by atoms with Crippen LogP contribution in [0.2, 0.25) is 5.02 Å². The zero-order valence-electron chi connectivity index (χ0n) is 16.8. The summed E-state index contributed by atoms with van der Waals surface area (Å²) in [5.74, 6) is -1.78. The first-order valence-electron chi connectivity index (χ1n) is 9.33. The number of aryl methyl sites for hydroxylation is 1. The lowest BCUT2D eigenvalue weighted by atomic mass is 10.2. The maximum atomic E-state index is 14.4. The highest BCUT2D eigenvalue weighted by Crippen LogP contribution is 2.39. The summed E-state index contributed by atoms with van der Waals surface area (Å²) < 4.78 is 35.6. The van der Waals surface area contributed by atoms with Crippen LogP contribution in [0.3, 0.4) is 0 Å². The number of rotatable bonds is 7. The second kappa shape index (κ2) is 10.2. The van der Waals surface area contributed by atoms with Gasteiger partial charge in [0.25, 0.3) is 5.91 Å². The van der Waals surface area contributed by atoms with Gasteiger partial charge in [-0.15, -0.1) is 12.4 Å². The quantitative estimate of drug-likeness (QED) is 0.333. The molecule has 2 heterocycles. The van der Waals surface area contributed by atoms with Crippen molar-refractivity contribution in [2.24, 2.45) is 0 Å². The first-order chi connectivity index (χ1) is 15.0. The lowest BCUT2D eigenvalue weighted by molar-refractivity contribution is 0.0982. The summed E-state index contributed by atoms with van der Waals surface area (Å²) in [5, 5.41) is 0.819. The number of hydrogen-bond donors (Lipinski definition) is 0. The Morgan fingerprint density at radius 1 is 1.28 bits per heavy atom. The molecule has 168 valence electrons. The molecule has 2 aromatic heterocycles. The molecule has 0 spiro atoms. The van der Waals surface area contributed by atoms with Crippen LogP contribution in [-0.4, -0.2) is 34.1 Å². The number of benzene rings is 2. The van der Waals surface area contributed by atoms with E-state index in [1.807, 2.05) is 10.8 Å². The second-order valence-electron chi connectivity index (χ2n) is 6.66. The van der Waals surface area contributed by atoms with Gasteiger partial charge in [-0.1, -0.05) is 22.9 Å². The predicted molar refractivity (Wildman–Crippen MR) is 123 cm³/mol. The van der Waals surface area contributed by atoms with Gasteiger partial charge in [-0.3, -0.25) is 9.69 Å². The molecule has 0 saturated carbocycles. The van der Waals surface area contributed by atoms with E-state index in [1.165, 1.54) is 23.3 Å².